The Labute approximate surface area is 149 Å². The van der Waals surface area contributed by atoms with Crippen LogP contribution in [0.25, 0.3) is 0 Å². The summed E-state index contributed by atoms with van der Waals surface area (Å²) in [6.07, 6.45) is 0. The van der Waals surface area contributed by atoms with Gasteiger partial charge in [-0.05, 0) is 42.8 Å². The zero-order valence-electron chi connectivity index (χ0n) is 13.2. The molecule has 2 rings (SSSR count). The Morgan fingerprint density at radius 3 is 2.50 bits per heavy atom. The lowest BCUT2D eigenvalue weighted by Gasteiger charge is -2.11. The molecular formula is C17H16Cl2N2O3. The largest absolute Gasteiger partial charge is 0.465 e. The van der Waals surface area contributed by atoms with Gasteiger partial charge in [0.05, 0.1) is 35.0 Å². The molecule has 0 heterocycles. The highest BCUT2D eigenvalue weighted by molar-refractivity contribution is 6.34. The van der Waals surface area contributed by atoms with Crippen LogP contribution in [-0.4, -0.2) is 25.5 Å². The topological polar surface area (TPSA) is 67.4 Å². The lowest BCUT2D eigenvalue weighted by molar-refractivity contribution is -0.114. The van der Waals surface area contributed by atoms with Crippen LogP contribution >= 0.6 is 23.2 Å². The van der Waals surface area contributed by atoms with Crippen LogP contribution in [0.4, 0.5) is 11.4 Å². The van der Waals surface area contributed by atoms with E-state index in [0.717, 1.165) is 5.56 Å². The lowest BCUT2D eigenvalue weighted by Crippen LogP contribution is -2.22. The van der Waals surface area contributed by atoms with Crippen LogP contribution in [0.2, 0.25) is 10.0 Å². The summed E-state index contributed by atoms with van der Waals surface area (Å²) in [4.78, 5) is 23.6. The van der Waals surface area contributed by atoms with Crippen molar-refractivity contribution in [2.75, 3.05) is 24.3 Å². The number of carbonyl (C=O) groups is 2. The fourth-order valence-corrected chi connectivity index (χ4v) is 2.48. The van der Waals surface area contributed by atoms with Gasteiger partial charge in [0, 0.05) is 5.69 Å². The molecule has 0 aliphatic carbocycles. The Hall–Kier alpha value is -2.24. The van der Waals surface area contributed by atoms with E-state index in [1.807, 2.05) is 13.0 Å². The van der Waals surface area contributed by atoms with Gasteiger partial charge in [-0.1, -0.05) is 29.3 Å². The Kier molecular flexibility index (Phi) is 6.06. The number of hydrogen-bond acceptors (Lipinski definition) is 4. The van der Waals surface area contributed by atoms with Crippen LogP contribution in [0.3, 0.4) is 0 Å². The van der Waals surface area contributed by atoms with Crippen molar-refractivity contribution >= 4 is 46.5 Å². The number of anilines is 2. The van der Waals surface area contributed by atoms with Gasteiger partial charge in [-0.3, -0.25) is 4.79 Å². The number of benzene rings is 2. The first-order chi connectivity index (χ1) is 11.4. The number of rotatable bonds is 5. The summed E-state index contributed by atoms with van der Waals surface area (Å²) in [7, 11) is 1.28. The van der Waals surface area contributed by atoms with Gasteiger partial charge in [-0.2, -0.15) is 0 Å². The third-order valence-electron chi connectivity index (χ3n) is 3.22. The van der Waals surface area contributed by atoms with Crippen molar-refractivity contribution in [3.8, 4) is 0 Å². The number of ether oxygens (including phenoxy) is 1. The molecule has 2 aromatic carbocycles. The fraction of sp³-hybridized carbons (Fsp3) is 0.176. The van der Waals surface area contributed by atoms with E-state index in [9.17, 15) is 9.59 Å². The molecule has 7 heteroatoms. The molecule has 1 amide bonds. The molecule has 126 valence electrons. The van der Waals surface area contributed by atoms with Crippen LogP contribution in [0.15, 0.2) is 36.4 Å². The first kappa shape index (κ1) is 18.1. The predicted molar refractivity (Wildman–Crippen MR) is 96.1 cm³/mol. The maximum Gasteiger partial charge on any atom is 0.339 e. The summed E-state index contributed by atoms with van der Waals surface area (Å²) in [5.74, 6) is -0.810. The second-order valence-corrected chi connectivity index (χ2v) is 5.89. The number of hydrogen-bond donors (Lipinski definition) is 2. The molecule has 0 saturated heterocycles. The zero-order valence-corrected chi connectivity index (χ0v) is 14.7. The summed E-state index contributed by atoms with van der Waals surface area (Å²) in [5.41, 5.74) is 2.35. The summed E-state index contributed by atoms with van der Waals surface area (Å²) in [6, 6.07) is 10.1. The molecule has 0 aromatic heterocycles. The Balaban J connectivity index is 2.00. The van der Waals surface area contributed by atoms with Gasteiger partial charge < -0.3 is 15.4 Å². The van der Waals surface area contributed by atoms with Crippen molar-refractivity contribution in [3.63, 3.8) is 0 Å². The van der Waals surface area contributed by atoms with Crippen molar-refractivity contribution < 1.29 is 14.3 Å². The standard InChI is InChI=1S/C17H16Cl2N2O3/c1-10-3-6-15(14(19)7-10)21-16(22)9-20-11-4-5-13(18)12(8-11)17(23)24-2/h3-8,20H,9H2,1-2H3,(H,21,22). The zero-order chi connectivity index (χ0) is 17.7. The van der Waals surface area contributed by atoms with Gasteiger partial charge in [0.15, 0.2) is 0 Å². The van der Waals surface area contributed by atoms with Crippen LogP contribution in [0, 0.1) is 6.92 Å². The van der Waals surface area contributed by atoms with E-state index >= 15 is 0 Å². The monoisotopic (exact) mass is 366 g/mol. The minimum Gasteiger partial charge on any atom is -0.465 e. The number of aryl methyl sites for hydroxylation is 1. The first-order valence-corrected chi connectivity index (χ1v) is 7.84. The molecule has 5 nitrogen and oxygen atoms in total. The highest BCUT2D eigenvalue weighted by Gasteiger charge is 2.12. The highest BCUT2D eigenvalue weighted by atomic mass is 35.5. The summed E-state index contributed by atoms with van der Waals surface area (Å²) in [6.45, 7) is 1.92. The van der Waals surface area contributed by atoms with Crippen LogP contribution in [0.1, 0.15) is 15.9 Å². The number of halogens is 2. The molecule has 2 N–H and O–H groups in total. The molecule has 0 unspecified atom stereocenters. The maximum absolute atomic E-state index is 12.0. The molecule has 0 aliphatic rings. The molecule has 0 aliphatic heterocycles. The number of carbonyl (C=O) groups excluding carboxylic acids is 2. The fourth-order valence-electron chi connectivity index (χ4n) is 2.00. The second kappa shape index (κ2) is 8.04. The normalized spacial score (nSPS) is 10.2. The van der Waals surface area contributed by atoms with Gasteiger partial charge in [0.25, 0.3) is 0 Å². The molecule has 0 bridgehead atoms. The van der Waals surface area contributed by atoms with E-state index in [1.165, 1.54) is 13.2 Å². The number of methoxy groups -OCH3 is 1. The van der Waals surface area contributed by atoms with E-state index in [4.69, 9.17) is 23.2 Å². The van der Waals surface area contributed by atoms with Gasteiger partial charge in [-0.15, -0.1) is 0 Å². The van der Waals surface area contributed by atoms with E-state index in [1.54, 1.807) is 24.3 Å². The highest BCUT2D eigenvalue weighted by Crippen LogP contribution is 2.23. The molecule has 0 fully saturated rings. The van der Waals surface area contributed by atoms with Gasteiger partial charge in [0.2, 0.25) is 5.91 Å². The molecule has 0 atom stereocenters. The van der Waals surface area contributed by atoms with Crippen LogP contribution in [-0.2, 0) is 9.53 Å². The Morgan fingerprint density at radius 1 is 1.08 bits per heavy atom. The number of esters is 1. The number of amides is 1. The van der Waals surface area contributed by atoms with E-state index < -0.39 is 5.97 Å². The van der Waals surface area contributed by atoms with Crippen molar-refractivity contribution in [1.29, 1.82) is 0 Å². The van der Waals surface area contributed by atoms with Crippen LogP contribution in [0.5, 0.6) is 0 Å². The second-order valence-electron chi connectivity index (χ2n) is 5.07. The lowest BCUT2D eigenvalue weighted by atomic mass is 10.2. The molecule has 0 spiro atoms. The van der Waals surface area contributed by atoms with Gasteiger partial charge >= 0.3 is 5.97 Å². The van der Waals surface area contributed by atoms with Gasteiger partial charge in [0.1, 0.15) is 0 Å². The minimum atomic E-state index is -0.542. The molecule has 0 radical (unpaired) electrons. The maximum atomic E-state index is 12.0. The smallest absolute Gasteiger partial charge is 0.339 e. The quantitative estimate of drug-likeness (QED) is 0.780. The molecule has 24 heavy (non-hydrogen) atoms. The van der Waals surface area contributed by atoms with Crippen molar-refractivity contribution in [2.45, 2.75) is 6.92 Å². The third kappa shape index (κ3) is 4.63. The number of nitrogens with one attached hydrogen (secondary N) is 2. The van der Waals surface area contributed by atoms with Gasteiger partial charge in [-0.25, -0.2) is 4.79 Å². The summed E-state index contributed by atoms with van der Waals surface area (Å²) < 4.78 is 4.65. The average Bonchev–Trinajstić information content (AvgIpc) is 2.56. The SMILES string of the molecule is COC(=O)c1cc(NCC(=O)Nc2ccc(C)cc2Cl)ccc1Cl. The Morgan fingerprint density at radius 2 is 1.83 bits per heavy atom. The first-order valence-electron chi connectivity index (χ1n) is 7.08. The minimum absolute atomic E-state index is 0.00640. The van der Waals surface area contributed by atoms with E-state index in [-0.39, 0.29) is 23.0 Å². The molecule has 2 aromatic rings. The molecule has 0 saturated carbocycles. The third-order valence-corrected chi connectivity index (χ3v) is 3.87. The van der Waals surface area contributed by atoms with E-state index in [2.05, 4.69) is 15.4 Å². The van der Waals surface area contributed by atoms with Crippen LogP contribution < -0.4 is 10.6 Å². The van der Waals surface area contributed by atoms with E-state index in [0.29, 0.717) is 16.4 Å². The van der Waals surface area contributed by atoms with Crippen molar-refractivity contribution in [2.24, 2.45) is 0 Å². The Bertz CT molecular complexity index is 778. The summed E-state index contributed by atoms with van der Waals surface area (Å²) in [5, 5.41) is 6.39. The van der Waals surface area contributed by atoms with Crippen molar-refractivity contribution in [3.05, 3.63) is 57.6 Å². The predicted octanol–water partition coefficient (Wildman–Crippen LogP) is 4.14. The summed E-state index contributed by atoms with van der Waals surface area (Å²) >= 11 is 12.0. The molecular weight excluding hydrogens is 351 g/mol. The van der Waals surface area contributed by atoms with Crippen molar-refractivity contribution in [1.82, 2.24) is 0 Å². The average molecular weight is 367 g/mol.